The maximum Gasteiger partial charge on any atom is 0.526 e. The summed E-state index contributed by atoms with van der Waals surface area (Å²) in [5.41, 5.74) is -0.00193. The van der Waals surface area contributed by atoms with Gasteiger partial charge in [0.2, 0.25) is 12.7 Å². The Kier molecular flexibility index (Phi) is 7.61. The van der Waals surface area contributed by atoms with Crippen LogP contribution in [0, 0.1) is 5.41 Å². The van der Waals surface area contributed by atoms with Gasteiger partial charge in [-0.3, -0.25) is 14.4 Å². The molecule has 0 aromatic heterocycles. The fraction of sp³-hybridized carbons (Fsp3) is 0.500. The number of fused-ring (bicyclic) bond motifs is 1. The minimum absolute atomic E-state index is 0.0122. The van der Waals surface area contributed by atoms with Crippen LogP contribution in [0.1, 0.15) is 50.0 Å². The zero-order chi connectivity index (χ0) is 22.5. The van der Waals surface area contributed by atoms with Crippen LogP contribution in [0.3, 0.4) is 0 Å². The van der Waals surface area contributed by atoms with Crippen LogP contribution in [0.25, 0.3) is 0 Å². The van der Waals surface area contributed by atoms with Gasteiger partial charge in [0.05, 0.1) is 12.0 Å². The number of carbonyl (C=O) groups is 4. The zero-order valence-corrected chi connectivity index (χ0v) is 17.5. The minimum Gasteiger partial charge on any atom is -0.535 e. The van der Waals surface area contributed by atoms with Gasteiger partial charge in [-0.05, 0) is 38.8 Å². The lowest BCUT2D eigenvalue weighted by Gasteiger charge is -2.28. The number of para-hydroxylation sites is 1. The summed E-state index contributed by atoms with van der Waals surface area (Å²) in [6.07, 6.45) is 0.320. The summed E-state index contributed by atoms with van der Waals surface area (Å²) in [6.45, 7) is 5.69. The predicted octanol–water partition coefficient (Wildman–Crippen LogP) is 1.27. The molecule has 0 bridgehead atoms. The van der Waals surface area contributed by atoms with Crippen LogP contribution in [0.15, 0.2) is 18.2 Å². The first-order valence-corrected chi connectivity index (χ1v) is 9.56. The Balaban J connectivity index is 2.01. The fourth-order valence-electron chi connectivity index (χ4n) is 2.84. The molecule has 0 aliphatic carbocycles. The van der Waals surface area contributed by atoms with Crippen molar-refractivity contribution in [2.75, 3.05) is 13.3 Å². The predicted molar refractivity (Wildman–Crippen MR) is 107 cm³/mol. The van der Waals surface area contributed by atoms with Gasteiger partial charge in [-0.15, -0.1) is 0 Å². The molecule has 1 aliphatic heterocycles. The highest BCUT2D eigenvalue weighted by Gasteiger charge is 2.38. The summed E-state index contributed by atoms with van der Waals surface area (Å²) in [5.74, 6) is -2.17. The molecular weight excluding hydrogens is 393 g/mol. The summed E-state index contributed by atoms with van der Waals surface area (Å²) < 4.78 is 15.4. The van der Waals surface area contributed by atoms with Gasteiger partial charge in [0, 0.05) is 19.2 Å². The number of rotatable bonds is 7. The number of benzene rings is 1. The topological polar surface area (TPSA) is 128 Å². The largest absolute Gasteiger partial charge is 0.535 e. The van der Waals surface area contributed by atoms with Crippen molar-refractivity contribution >= 4 is 30.7 Å². The number of nitrogens with one attached hydrogen (secondary N) is 1. The highest BCUT2D eigenvalue weighted by Crippen LogP contribution is 2.36. The van der Waals surface area contributed by atoms with Gasteiger partial charge in [0.15, 0.2) is 5.78 Å². The highest BCUT2D eigenvalue weighted by molar-refractivity contribution is 6.47. The molecule has 0 saturated carbocycles. The van der Waals surface area contributed by atoms with E-state index in [0.717, 1.165) is 0 Å². The van der Waals surface area contributed by atoms with Crippen molar-refractivity contribution < 1.29 is 38.3 Å². The van der Waals surface area contributed by atoms with E-state index in [9.17, 15) is 24.2 Å². The van der Waals surface area contributed by atoms with Gasteiger partial charge in [-0.25, -0.2) is 4.79 Å². The number of Topliss-reactive ketones (excluding diaryl/α,β-unsaturated/α-hetero) is 1. The van der Waals surface area contributed by atoms with Crippen LogP contribution in [0.5, 0.6) is 5.75 Å². The molecule has 1 heterocycles. The van der Waals surface area contributed by atoms with E-state index in [1.54, 1.807) is 32.9 Å². The van der Waals surface area contributed by atoms with Crippen molar-refractivity contribution in [1.29, 1.82) is 0 Å². The Morgan fingerprint density at radius 3 is 2.57 bits per heavy atom. The second-order valence-electron chi connectivity index (χ2n) is 8.15. The third-order valence-corrected chi connectivity index (χ3v) is 4.46. The maximum atomic E-state index is 12.4. The monoisotopic (exact) mass is 419 g/mol. The van der Waals surface area contributed by atoms with Crippen molar-refractivity contribution in [3.63, 3.8) is 0 Å². The molecule has 1 aromatic carbocycles. The Morgan fingerprint density at radius 2 is 1.93 bits per heavy atom. The second kappa shape index (κ2) is 9.75. The summed E-state index contributed by atoms with van der Waals surface area (Å²) in [5, 5.41) is 12.7. The Bertz CT molecular complexity index is 833. The summed E-state index contributed by atoms with van der Waals surface area (Å²) in [6, 6.07) is 4.83. The van der Waals surface area contributed by atoms with Gasteiger partial charge in [-0.2, -0.15) is 0 Å². The van der Waals surface area contributed by atoms with Crippen molar-refractivity contribution in [1.82, 2.24) is 5.32 Å². The second-order valence-corrected chi connectivity index (χ2v) is 8.15. The average Bonchev–Trinajstić information content (AvgIpc) is 2.65. The molecule has 2 N–H and O–H groups in total. The summed E-state index contributed by atoms with van der Waals surface area (Å²) >= 11 is 0. The Morgan fingerprint density at radius 1 is 1.23 bits per heavy atom. The molecule has 0 radical (unpaired) electrons. The molecule has 1 amide bonds. The normalized spacial score (nSPS) is 15.5. The van der Waals surface area contributed by atoms with Crippen LogP contribution >= 0.6 is 0 Å². The molecule has 10 heteroatoms. The van der Waals surface area contributed by atoms with Crippen molar-refractivity contribution in [3.8, 4) is 5.75 Å². The van der Waals surface area contributed by atoms with Gasteiger partial charge in [-0.1, -0.05) is 12.1 Å². The Labute approximate surface area is 175 Å². The zero-order valence-electron chi connectivity index (χ0n) is 17.5. The maximum absolute atomic E-state index is 12.4. The molecule has 2 rings (SSSR count). The molecule has 1 atom stereocenters. The number of carbonyl (C=O) groups excluding carboxylic acids is 4. The van der Waals surface area contributed by atoms with Crippen LogP contribution in [-0.2, 0) is 30.3 Å². The van der Waals surface area contributed by atoms with E-state index in [-0.39, 0.29) is 36.0 Å². The number of hydrogen-bond donors (Lipinski definition) is 2. The van der Waals surface area contributed by atoms with Crippen molar-refractivity contribution in [3.05, 3.63) is 29.3 Å². The van der Waals surface area contributed by atoms with E-state index < -0.39 is 37.1 Å². The lowest BCUT2D eigenvalue weighted by Crippen LogP contribution is -2.37. The first-order chi connectivity index (χ1) is 14.0. The van der Waals surface area contributed by atoms with E-state index in [1.807, 2.05) is 0 Å². The molecule has 162 valence electrons. The number of ether oxygens (including phenoxy) is 2. The fourth-order valence-corrected chi connectivity index (χ4v) is 2.84. The van der Waals surface area contributed by atoms with E-state index >= 15 is 0 Å². The quantitative estimate of drug-likeness (QED) is 0.384. The van der Waals surface area contributed by atoms with Crippen LogP contribution < -0.4 is 9.97 Å². The number of ketones is 1. The number of esters is 2. The van der Waals surface area contributed by atoms with E-state index in [1.165, 1.54) is 13.0 Å². The average molecular weight is 419 g/mol. The van der Waals surface area contributed by atoms with E-state index in [4.69, 9.17) is 14.1 Å². The summed E-state index contributed by atoms with van der Waals surface area (Å²) in [7, 11) is -1.30. The number of hydrogen-bond acceptors (Lipinski definition) is 8. The van der Waals surface area contributed by atoms with Gasteiger partial charge in [0.25, 0.3) is 0 Å². The van der Waals surface area contributed by atoms with E-state index in [2.05, 4.69) is 5.32 Å². The molecule has 0 unspecified atom stereocenters. The molecule has 9 nitrogen and oxygen atoms in total. The molecule has 30 heavy (non-hydrogen) atoms. The standard InChI is InChI=1S/C20H26BNO8/c1-12(23)22-10-15(24)9-14-8-13-6-5-7-16(17(13)30-21(14)27)18(25)28-11-29-19(26)20(2,3)4/h5-7,14,27H,8-11H2,1-4H3,(H,22,23)/t14-/m1/s1. The SMILES string of the molecule is CC(=O)NCC(=O)C[C@H]1Cc2cccc(C(=O)OCOC(=O)C(C)(C)C)c2OB1O. The first-order valence-electron chi connectivity index (χ1n) is 9.56. The van der Waals surface area contributed by atoms with E-state index in [0.29, 0.717) is 12.0 Å². The van der Waals surface area contributed by atoms with Gasteiger partial charge >= 0.3 is 19.1 Å². The summed E-state index contributed by atoms with van der Waals surface area (Å²) in [4.78, 5) is 47.1. The molecule has 1 aliphatic rings. The first kappa shape index (κ1) is 23.4. The molecule has 0 fully saturated rings. The van der Waals surface area contributed by atoms with Crippen LogP contribution in [0.4, 0.5) is 0 Å². The third kappa shape index (κ3) is 6.31. The van der Waals surface area contributed by atoms with Crippen LogP contribution in [-0.4, -0.2) is 49.1 Å². The van der Waals surface area contributed by atoms with Crippen molar-refractivity contribution in [2.45, 2.75) is 46.4 Å². The molecular formula is C20H26BNO8. The highest BCUT2D eigenvalue weighted by atomic mass is 16.7. The Hall–Kier alpha value is -2.88. The minimum atomic E-state index is -1.30. The van der Waals surface area contributed by atoms with Gasteiger partial charge < -0.3 is 24.5 Å². The third-order valence-electron chi connectivity index (χ3n) is 4.46. The van der Waals surface area contributed by atoms with Crippen molar-refractivity contribution in [2.24, 2.45) is 5.41 Å². The lowest BCUT2D eigenvalue weighted by atomic mass is 9.64. The van der Waals surface area contributed by atoms with Crippen LogP contribution in [0.2, 0.25) is 5.82 Å². The van der Waals surface area contributed by atoms with Gasteiger partial charge in [0.1, 0.15) is 11.3 Å². The molecule has 0 spiro atoms. The molecule has 1 aromatic rings. The number of amides is 1. The molecule has 0 saturated heterocycles. The lowest BCUT2D eigenvalue weighted by molar-refractivity contribution is -0.161. The smallest absolute Gasteiger partial charge is 0.526 e.